The fourth-order valence-corrected chi connectivity index (χ4v) is 5.07. The number of aromatic nitrogens is 1. The molecule has 0 saturated carbocycles. The van der Waals surface area contributed by atoms with Crippen molar-refractivity contribution >= 4 is 17.9 Å². The van der Waals surface area contributed by atoms with Crippen molar-refractivity contribution in [3.8, 4) is 34.4 Å². The molecule has 5 rings (SSSR count). The maximum Gasteiger partial charge on any atom is 0.153 e. The zero-order chi connectivity index (χ0) is 30.0. The first-order valence-corrected chi connectivity index (χ1v) is 14.4. The lowest BCUT2D eigenvalue weighted by Gasteiger charge is -2.26. The summed E-state index contributed by atoms with van der Waals surface area (Å²) in [5.41, 5.74) is 5.64. The van der Waals surface area contributed by atoms with Crippen molar-refractivity contribution < 1.29 is 23.7 Å². The Morgan fingerprint density at radius 2 is 1.81 bits per heavy atom. The summed E-state index contributed by atoms with van der Waals surface area (Å²) in [5, 5.41) is 9.42. The normalized spacial score (nSPS) is 13.2. The quantitative estimate of drug-likeness (QED) is 0.177. The van der Waals surface area contributed by atoms with Gasteiger partial charge in [-0.2, -0.15) is 5.26 Å². The van der Waals surface area contributed by atoms with Gasteiger partial charge in [0.1, 0.15) is 43.1 Å². The molecule has 0 bridgehead atoms. The number of pyridine rings is 1. The number of nitrogens with zero attached hydrogens (tertiary/aromatic N) is 3. The van der Waals surface area contributed by atoms with E-state index in [0.717, 1.165) is 60.9 Å². The van der Waals surface area contributed by atoms with Crippen LogP contribution in [0.15, 0.2) is 73.1 Å². The Kier molecular flexibility index (Phi) is 10.2. The first-order chi connectivity index (χ1) is 21.0. The lowest BCUT2D eigenvalue weighted by molar-refractivity contribution is 0.0322. The molecule has 0 amide bonds. The summed E-state index contributed by atoms with van der Waals surface area (Å²) in [5.74, 6) is 1.55. The van der Waals surface area contributed by atoms with Gasteiger partial charge in [0.25, 0.3) is 0 Å². The number of morpholine rings is 1. The average Bonchev–Trinajstić information content (AvgIpc) is 3.04. The van der Waals surface area contributed by atoms with E-state index in [2.05, 4.69) is 41.1 Å². The summed E-state index contributed by atoms with van der Waals surface area (Å²) in [6, 6.07) is 21.1. The lowest BCUT2D eigenvalue weighted by Crippen LogP contribution is -2.38. The topological polar surface area (TPSA) is 93.9 Å². The molecule has 3 aromatic carbocycles. The van der Waals surface area contributed by atoms with Crippen molar-refractivity contribution in [2.45, 2.75) is 20.1 Å². The first-order valence-electron chi connectivity index (χ1n) is 14.0. The largest absolute Gasteiger partial charge is 0.492 e. The van der Waals surface area contributed by atoms with Crippen LogP contribution in [0.4, 0.5) is 0 Å². The number of ether oxygens (including phenoxy) is 4. The van der Waals surface area contributed by atoms with Crippen LogP contribution < -0.4 is 14.2 Å². The molecule has 1 aliphatic heterocycles. The molecule has 1 aliphatic rings. The molecule has 1 saturated heterocycles. The van der Waals surface area contributed by atoms with Gasteiger partial charge in [-0.15, -0.1) is 0 Å². The molecule has 0 N–H and O–H groups in total. The molecule has 0 unspecified atom stereocenters. The number of hydrogen-bond acceptors (Lipinski definition) is 8. The van der Waals surface area contributed by atoms with Crippen molar-refractivity contribution in [1.29, 1.82) is 5.26 Å². The van der Waals surface area contributed by atoms with E-state index in [1.807, 2.05) is 24.3 Å². The van der Waals surface area contributed by atoms with Crippen LogP contribution in [-0.2, 0) is 18.0 Å². The second-order valence-corrected chi connectivity index (χ2v) is 10.5. The highest BCUT2D eigenvalue weighted by molar-refractivity contribution is 6.32. The van der Waals surface area contributed by atoms with Gasteiger partial charge in [0.05, 0.1) is 29.4 Å². The molecular formula is C34H32ClN3O5. The molecule has 43 heavy (non-hydrogen) atoms. The molecule has 8 nitrogen and oxygen atoms in total. The van der Waals surface area contributed by atoms with Gasteiger partial charge in [-0.3, -0.25) is 14.7 Å². The molecule has 0 radical (unpaired) electrons. The monoisotopic (exact) mass is 597 g/mol. The molecular weight excluding hydrogens is 566 g/mol. The minimum Gasteiger partial charge on any atom is -0.492 e. The van der Waals surface area contributed by atoms with Gasteiger partial charge in [0.15, 0.2) is 6.29 Å². The van der Waals surface area contributed by atoms with Crippen LogP contribution in [0, 0.1) is 18.3 Å². The van der Waals surface area contributed by atoms with E-state index in [9.17, 15) is 4.79 Å². The lowest BCUT2D eigenvalue weighted by atomic mass is 9.96. The smallest absolute Gasteiger partial charge is 0.153 e. The second-order valence-electron chi connectivity index (χ2n) is 10.1. The average molecular weight is 598 g/mol. The van der Waals surface area contributed by atoms with Crippen molar-refractivity contribution in [1.82, 2.24) is 9.88 Å². The Labute approximate surface area is 256 Å². The Bertz CT molecular complexity index is 1610. The summed E-state index contributed by atoms with van der Waals surface area (Å²) >= 11 is 6.47. The predicted molar refractivity (Wildman–Crippen MR) is 164 cm³/mol. The summed E-state index contributed by atoms with van der Waals surface area (Å²) in [6.45, 7) is 7.37. The third-order valence-electron chi connectivity index (χ3n) is 7.26. The molecule has 1 aromatic heterocycles. The molecule has 220 valence electrons. The molecule has 4 aromatic rings. The Morgan fingerprint density at radius 1 is 1.00 bits per heavy atom. The van der Waals surface area contributed by atoms with Crippen LogP contribution in [0.3, 0.4) is 0 Å². The van der Waals surface area contributed by atoms with E-state index < -0.39 is 0 Å². The number of hydrogen-bond donors (Lipinski definition) is 0. The highest BCUT2D eigenvalue weighted by Crippen LogP contribution is 2.34. The first kappa shape index (κ1) is 30.1. The van der Waals surface area contributed by atoms with Crippen LogP contribution >= 0.6 is 11.6 Å². The van der Waals surface area contributed by atoms with E-state index in [1.165, 1.54) is 12.3 Å². The second kappa shape index (κ2) is 14.7. The van der Waals surface area contributed by atoms with Crippen molar-refractivity contribution in [3.63, 3.8) is 0 Å². The fourth-order valence-electron chi connectivity index (χ4n) is 4.85. The SMILES string of the molecule is Cc1c(COc2cc(OCc3cncc(C#N)c3)c(C=O)cc2Cl)cccc1-c1cccc(OCCN2CCOCC2)c1. The van der Waals surface area contributed by atoms with Crippen LogP contribution in [0.2, 0.25) is 5.02 Å². The highest BCUT2D eigenvalue weighted by atomic mass is 35.5. The van der Waals surface area contributed by atoms with Gasteiger partial charge in [0, 0.05) is 43.7 Å². The fraction of sp³-hybridized carbons (Fsp3) is 0.265. The van der Waals surface area contributed by atoms with Crippen molar-refractivity contribution in [2.75, 3.05) is 39.5 Å². The third kappa shape index (κ3) is 7.90. The minimum absolute atomic E-state index is 0.127. The van der Waals surface area contributed by atoms with Crippen molar-refractivity contribution in [2.24, 2.45) is 0 Å². The zero-order valence-corrected chi connectivity index (χ0v) is 24.7. The van der Waals surface area contributed by atoms with Gasteiger partial charge in [-0.1, -0.05) is 41.9 Å². The number of carbonyl (C=O) groups is 1. The highest BCUT2D eigenvalue weighted by Gasteiger charge is 2.14. The number of carbonyl (C=O) groups excluding carboxylic acids is 1. The molecule has 0 aliphatic carbocycles. The maximum atomic E-state index is 11.7. The number of nitriles is 1. The Balaban J connectivity index is 1.26. The summed E-state index contributed by atoms with van der Waals surface area (Å²) in [7, 11) is 0. The molecule has 9 heteroatoms. The summed E-state index contributed by atoms with van der Waals surface area (Å²) in [6.07, 6.45) is 3.77. The van der Waals surface area contributed by atoms with Crippen LogP contribution in [0.25, 0.3) is 11.1 Å². The summed E-state index contributed by atoms with van der Waals surface area (Å²) in [4.78, 5) is 18.1. The van der Waals surface area contributed by atoms with Gasteiger partial charge < -0.3 is 18.9 Å². The zero-order valence-electron chi connectivity index (χ0n) is 23.9. The Hall–Kier alpha value is -4.42. The number of halogens is 1. The van der Waals surface area contributed by atoms with E-state index in [1.54, 1.807) is 18.3 Å². The minimum atomic E-state index is 0.127. The third-order valence-corrected chi connectivity index (χ3v) is 7.56. The molecule has 0 atom stereocenters. The number of benzene rings is 3. The molecule has 1 fully saturated rings. The standard InChI is InChI=1S/C34H32ClN3O5/c1-24-28(5-3-7-31(24)27-4-2-6-30(15-27)41-13-10-38-8-11-40-12-9-38)23-43-34-17-33(29(21-39)16-32(34)35)42-22-26-14-25(18-36)19-37-20-26/h2-7,14-17,19-21H,8-13,22-23H2,1H3. The van der Waals surface area contributed by atoms with Crippen LogP contribution in [0.1, 0.15) is 32.6 Å². The van der Waals surface area contributed by atoms with E-state index in [4.69, 9.17) is 35.8 Å². The van der Waals surface area contributed by atoms with Crippen LogP contribution in [-0.4, -0.2) is 55.6 Å². The van der Waals surface area contributed by atoms with Crippen LogP contribution in [0.5, 0.6) is 17.2 Å². The van der Waals surface area contributed by atoms with E-state index >= 15 is 0 Å². The van der Waals surface area contributed by atoms with Gasteiger partial charge in [-0.25, -0.2) is 0 Å². The number of aldehydes is 1. The summed E-state index contributed by atoms with van der Waals surface area (Å²) < 4.78 is 23.5. The van der Waals surface area contributed by atoms with E-state index in [0.29, 0.717) is 46.1 Å². The van der Waals surface area contributed by atoms with Crippen molar-refractivity contribution in [3.05, 3.63) is 106 Å². The Morgan fingerprint density at radius 3 is 2.63 bits per heavy atom. The maximum absolute atomic E-state index is 11.7. The molecule has 2 heterocycles. The number of rotatable bonds is 12. The molecule has 0 spiro atoms. The van der Waals surface area contributed by atoms with Gasteiger partial charge >= 0.3 is 0 Å². The van der Waals surface area contributed by atoms with Gasteiger partial charge in [-0.05, 0) is 53.4 Å². The van der Waals surface area contributed by atoms with Gasteiger partial charge in [0.2, 0.25) is 0 Å². The predicted octanol–water partition coefficient (Wildman–Crippen LogP) is 6.26. The van der Waals surface area contributed by atoms with E-state index in [-0.39, 0.29) is 13.2 Å².